The lowest BCUT2D eigenvalue weighted by Crippen LogP contribution is -2.64. The summed E-state index contributed by atoms with van der Waals surface area (Å²) >= 11 is 0. The van der Waals surface area contributed by atoms with Gasteiger partial charge in [0, 0.05) is 17.3 Å². The standard InChI is InChI=1S/C25H34O4/c1-14-17-10-12-23(6)18-11-13-24(23,19(17)8-9-20(14)27-7)29-25(15(18)2)21(26)16(3)22(4,5)28-25/h8-10,12,15-16,18,21,26H,11,13H2,1-7H3. The summed E-state index contributed by atoms with van der Waals surface area (Å²) < 4.78 is 19.4. The number of ether oxygens (including phenoxy) is 3. The van der Waals surface area contributed by atoms with Crippen LogP contribution in [0.4, 0.5) is 0 Å². The van der Waals surface area contributed by atoms with Crippen LogP contribution < -0.4 is 4.74 Å². The Bertz CT molecular complexity index is 904. The van der Waals surface area contributed by atoms with Gasteiger partial charge < -0.3 is 19.3 Å². The van der Waals surface area contributed by atoms with Crippen LogP contribution in [0.5, 0.6) is 5.75 Å². The number of fused-ring (bicyclic) bond motifs is 1. The average molecular weight is 399 g/mol. The molecule has 0 radical (unpaired) electrons. The Kier molecular flexibility index (Phi) is 3.82. The molecule has 7 unspecified atom stereocenters. The summed E-state index contributed by atoms with van der Waals surface area (Å²) in [6.07, 6.45) is 5.98. The molecule has 0 amide bonds. The van der Waals surface area contributed by atoms with E-state index >= 15 is 0 Å². The summed E-state index contributed by atoms with van der Waals surface area (Å²) in [5.74, 6) is 0.418. The fourth-order valence-electron chi connectivity index (χ4n) is 7.03. The minimum atomic E-state index is -0.972. The molecule has 7 atom stereocenters. The molecule has 1 spiro atoms. The van der Waals surface area contributed by atoms with Gasteiger partial charge in [-0.1, -0.05) is 39.0 Å². The van der Waals surface area contributed by atoms with Crippen molar-refractivity contribution in [1.82, 2.24) is 0 Å². The fraction of sp³-hybridized carbons (Fsp3) is 0.680. The van der Waals surface area contributed by atoms with Gasteiger partial charge in [-0.2, -0.15) is 0 Å². The predicted molar refractivity (Wildman–Crippen MR) is 113 cm³/mol. The van der Waals surface area contributed by atoms with Gasteiger partial charge in [0.1, 0.15) is 17.5 Å². The van der Waals surface area contributed by atoms with E-state index in [4.69, 9.17) is 14.2 Å². The van der Waals surface area contributed by atoms with Gasteiger partial charge in [0.25, 0.3) is 0 Å². The molecule has 2 heterocycles. The maximum absolute atomic E-state index is 11.4. The van der Waals surface area contributed by atoms with E-state index in [2.05, 4.69) is 65.8 Å². The molecule has 1 N–H and O–H groups in total. The number of aliphatic hydroxyl groups excluding tert-OH is 1. The molecule has 1 aromatic carbocycles. The van der Waals surface area contributed by atoms with E-state index in [1.54, 1.807) is 7.11 Å². The predicted octanol–water partition coefficient (Wildman–Crippen LogP) is 4.81. The van der Waals surface area contributed by atoms with Gasteiger partial charge in [0.05, 0.1) is 12.7 Å². The molecule has 0 aromatic heterocycles. The van der Waals surface area contributed by atoms with Crippen LogP contribution in [-0.4, -0.2) is 29.7 Å². The molecule has 29 heavy (non-hydrogen) atoms. The molecule has 2 aliphatic heterocycles. The molecule has 4 heteroatoms. The summed E-state index contributed by atoms with van der Waals surface area (Å²) in [5, 5.41) is 11.4. The molecule has 1 saturated carbocycles. The van der Waals surface area contributed by atoms with Crippen molar-refractivity contribution in [3.63, 3.8) is 0 Å². The molecule has 4 aliphatic rings. The third-order valence-electron chi connectivity index (χ3n) is 9.14. The van der Waals surface area contributed by atoms with Gasteiger partial charge in [-0.3, -0.25) is 0 Å². The van der Waals surface area contributed by atoms with Crippen LogP contribution in [0, 0.1) is 30.1 Å². The second-order valence-electron chi connectivity index (χ2n) is 10.5. The quantitative estimate of drug-likeness (QED) is 0.737. The molecule has 5 rings (SSSR count). The van der Waals surface area contributed by atoms with Gasteiger partial charge >= 0.3 is 0 Å². The third-order valence-corrected chi connectivity index (χ3v) is 9.14. The fourth-order valence-corrected chi connectivity index (χ4v) is 7.03. The normalized spacial score (nSPS) is 46.6. The van der Waals surface area contributed by atoms with Crippen LogP contribution in [0.15, 0.2) is 18.2 Å². The van der Waals surface area contributed by atoms with Crippen molar-refractivity contribution in [2.75, 3.05) is 7.11 Å². The lowest BCUT2D eigenvalue weighted by atomic mass is 9.57. The van der Waals surface area contributed by atoms with Crippen molar-refractivity contribution in [2.45, 2.75) is 77.5 Å². The Morgan fingerprint density at radius 2 is 1.83 bits per heavy atom. The van der Waals surface area contributed by atoms with Crippen molar-refractivity contribution >= 4 is 6.08 Å². The maximum Gasteiger partial charge on any atom is 0.199 e. The second kappa shape index (κ2) is 5.66. The van der Waals surface area contributed by atoms with Crippen LogP contribution in [0.1, 0.15) is 64.2 Å². The first-order valence-electron chi connectivity index (χ1n) is 11.0. The van der Waals surface area contributed by atoms with Crippen LogP contribution in [0.25, 0.3) is 6.08 Å². The molecule has 2 saturated heterocycles. The van der Waals surface area contributed by atoms with Crippen LogP contribution >= 0.6 is 0 Å². The summed E-state index contributed by atoms with van der Waals surface area (Å²) in [6.45, 7) is 12.9. The molecule has 1 aromatic rings. The van der Waals surface area contributed by atoms with Crippen molar-refractivity contribution < 1.29 is 19.3 Å². The highest BCUT2D eigenvalue weighted by molar-refractivity contribution is 5.67. The zero-order valence-corrected chi connectivity index (χ0v) is 18.7. The zero-order chi connectivity index (χ0) is 21.0. The Morgan fingerprint density at radius 1 is 1.10 bits per heavy atom. The molecule has 158 valence electrons. The van der Waals surface area contributed by atoms with Gasteiger partial charge in [-0.05, 0) is 62.3 Å². The highest BCUT2D eigenvalue weighted by atomic mass is 16.7. The first-order chi connectivity index (χ1) is 13.5. The first kappa shape index (κ1) is 19.6. The van der Waals surface area contributed by atoms with E-state index in [0.29, 0.717) is 5.92 Å². The minimum absolute atomic E-state index is 0.00122. The average Bonchev–Trinajstić information content (AvgIpc) is 3.00. The van der Waals surface area contributed by atoms with Crippen LogP contribution in [0.2, 0.25) is 0 Å². The maximum atomic E-state index is 11.4. The van der Waals surface area contributed by atoms with Crippen molar-refractivity contribution in [2.24, 2.45) is 23.2 Å². The lowest BCUT2D eigenvalue weighted by Gasteiger charge is -2.59. The van der Waals surface area contributed by atoms with Crippen molar-refractivity contribution in [3.8, 4) is 5.75 Å². The smallest absolute Gasteiger partial charge is 0.199 e. The molecule has 4 nitrogen and oxygen atoms in total. The Morgan fingerprint density at radius 3 is 2.45 bits per heavy atom. The summed E-state index contributed by atoms with van der Waals surface area (Å²) in [7, 11) is 1.72. The Hall–Kier alpha value is -1.36. The zero-order valence-electron chi connectivity index (χ0n) is 18.7. The van der Waals surface area contributed by atoms with Gasteiger partial charge in [0.2, 0.25) is 0 Å². The summed E-state index contributed by atoms with van der Waals surface area (Å²) in [4.78, 5) is 0. The highest BCUT2D eigenvalue weighted by Gasteiger charge is 2.74. The van der Waals surface area contributed by atoms with E-state index in [1.807, 2.05) is 0 Å². The number of benzene rings is 1. The van der Waals surface area contributed by atoms with Gasteiger partial charge in [-0.25, -0.2) is 0 Å². The summed E-state index contributed by atoms with van der Waals surface area (Å²) in [6, 6.07) is 4.23. The largest absolute Gasteiger partial charge is 0.496 e. The van der Waals surface area contributed by atoms with Gasteiger partial charge in [0.15, 0.2) is 5.79 Å². The number of hydrogen-bond acceptors (Lipinski definition) is 4. The molecular formula is C25H34O4. The van der Waals surface area contributed by atoms with Crippen molar-refractivity contribution in [3.05, 3.63) is 34.9 Å². The van der Waals surface area contributed by atoms with E-state index < -0.39 is 23.1 Å². The molecule has 2 bridgehead atoms. The van der Waals surface area contributed by atoms with E-state index in [9.17, 15) is 5.11 Å². The third kappa shape index (κ3) is 2.06. The van der Waals surface area contributed by atoms with E-state index in [0.717, 1.165) is 24.2 Å². The van der Waals surface area contributed by atoms with Crippen molar-refractivity contribution in [1.29, 1.82) is 0 Å². The highest BCUT2D eigenvalue weighted by Crippen LogP contribution is 2.71. The van der Waals surface area contributed by atoms with Crippen LogP contribution in [-0.2, 0) is 15.1 Å². The minimum Gasteiger partial charge on any atom is -0.496 e. The monoisotopic (exact) mass is 398 g/mol. The molecular weight excluding hydrogens is 364 g/mol. The first-order valence-corrected chi connectivity index (χ1v) is 11.0. The molecule has 2 aliphatic carbocycles. The van der Waals surface area contributed by atoms with E-state index in [1.165, 1.54) is 11.1 Å². The number of methoxy groups -OCH3 is 1. The Labute approximate surface area is 174 Å². The summed E-state index contributed by atoms with van der Waals surface area (Å²) in [5.41, 5.74) is 2.49. The lowest BCUT2D eigenvalue weighted by molar-refractivity contribution is -0.382. The number of aliphatic hydroxyl groups is 1. The number of rotatable bonds is 1. The van der Waals surface area contributed by atoms with Crippen LogP contribution in [0.3, 0.4) is 0 Å². The number of hydrogen-bond donors (Lipinski definition) is 1. The topological polar surface area (TPSA) is 47.9 Å². The molecule has 3 fully saturated rings. The van der Waals surface area contributed by atoms with Gasteiger partial charge in [-0.15, -0.1) is 0 Å². The SMILES string of the molecule is COc1ccc2c(c1C)C=CC1(C)C3CCC21OC1(OC(C)(C)C(C)C1O)C3C. The second-order valence-corrected chi connectivity index (χ2v) is 10.5. The van der Waals surface area contributed by atoms with E-state index in [-0.39, 0.29) is 17.3 Å². The Balaban J connectivity index is 1.72.